The van der Waals surface area contributed by atoms with Crippen LogP contribution in [0.15, 0.2) is 24.3 Å². The average Bonchev–Trinajstić information content (AvgIpc) is 2.61. The Hall–Kier alpha value is -1.43. The molecule has 1 heterocycles. The molecule has 0 spiro atoms. The number of amides is 1. The molecule has 1 aliphatic carbocycles. The quantitative estimate of drug-likeness (QED) is 0.860. The largest absolute Gasteiger partial charge is 0.379 e. The van der Waals surface area contributed by atoms with Crippen LogP contribution in [0.5, 0.6) is 0 Å². The number of hydrogen-bond acceptors (Lipinski definition) is 4. The molecule has 3 rings (SSSR count). The molecule has 5 nitrogen and oxygen atoms in total. The topological polar surface area (TPSA) is 67.6 Å². The van der Waals surface area contributed by atoms with Gasteiger partial charge in [0, 0.05) is 30.9 Å². The van der Waals surface area contributed by atoms with Crippen molar-refractivity contribution in [2.24, 2.45) is 11.7 Å². The van der Waals surface area contributed by atoms with Crippen molar-refractivity contribution in [2.45, 2.75) is 44.6 Å². The van der Waals surface area contributed by atoms with E-state index in [2.05, 4.69) is 22.3 Å². The van der Waals surface area contributed by atoms with E-state index >= 15 is 0 Å². The Morgan fingerprint density at radius 3 is 2.68 bits per heavy atom. The average molecular weight is 345 g/mol. The van der Waals surface area contributed by atoms with Crippen LogP contribution in [0.2, 0.25) is 0 Å². The van der Waals surface area contributed by atoms with E-state index in [0.29, 0.717) is 0 Å². The Bertz CT molecular complexity index is 565. The van der Waals surface area contributed by atoms with E-state index in [1.54, 1.807) is 0 Å². The van der Waals surface area contributed by atoms with E-state index in [1.807, 2.05) is 19.1 Å². The molecular formula is C20H31N3O2. The van der Waals surface area contributed by atoms with Crippen LogP contribution < -0.4 is 11.1 Å². The second-order valence-corrected chi connectivity index (χ2v) is 7.69. The van der Waals surface area contributed by atoms with Gasteiger partial charge in [-0.25, -0.2) is 0 Å². The van der Waals surface area contributed by atoms with Crippen LogP contribution in [0.1, 0.15) is 38.2 Å². The van der Waals surface area contributed by atoms with E-state index in [4.69, 9.17) is 10.5 Å². The highest BCUT2D eigenvalue weighted by atomic mass is 16.5. The predicted octanol–water partition coefficient (Wildman–Crippen LogP) is 2.41. The molecule has 0 aromatic heterocycles. The Kier molecular flexibility index (Phi) is 6.10. The summed E-state index contributed by atoms with van der Waals surface area (Å²) in [5.41, 5.74) is 8.11. The molecule has 1 aromatic carbocycles. The Balaban J connectivity index is 1.50. The minimum absolute atomic E-state index is 0.0609. The van der Waals surface area contributed by atoms with Crippen LogP contribution in [-0.2, 0) is 16.0 Å². The van der Waals surface area contributed by atoms with Gasteiger partial charge in [0.15, 0.2) is 0 Å². The van der Waals surface area contributed by atoms with Crippen molar-refractivity contribution in [3.63, 3.8) is 0 Å². The van der Waals surface area contributed by atoms with Gasteiger partial charge in [-0.3, -0.25) is 9.69 Å². The highest BCUT2D eigenvalue weighted by molar-refractivity contribution is 5.93. The zero-order chi connectivity index (χ0) is 17.7. The van der Waals surface area contributed by atoms with Gasteiger partial charge in [-0.15, -0.1) is 0 Å². The van der Waals surface area contributed by atoms with Gasteiger partial charge >= 0.3 is 0 Å². The van der Waals surface area contributed by atoms with Crippen molar-refractivity contribution in [1.82, 2.24) is 4.90 Å². The molecule has 5 heteroatoms. The summed E-state index contributed by atoms with van der Waals surface area (Å²) in [7, 11) is 0. The van der Waals surface area contributed by atoms with Gasteiger partial charge in [-0.05, 0) is 43.9 Å². The number of nitrogens with one attached hydrogen (secondary N) is 1. The maximum atomic E-state index is 12.6. The lowest BCUT2D eigenvalue weighted by molar-refractivity contribution is -0.122. The third kappa shape index (κ3) is 5.03. The summed E-state index contributed by atoms with van der Waals surface area (Å²) in [4.78, 5) is 15.0. The number of carbonyl (C=O) groups is 1. The Labute approximate surface area is 150 Å². The highest BCUT2D eigenvalue weighted by Crippen LogP contribution is 2.32. The molecule has 2 unspecified atom stereocenters. The third-order valence-electron chi connectivity index (χ3n) is 5.61. The first kappa shape index (κ1) is 18.4. The standard InChI is InChI=1S/C20H31N3O2/c1-20(21)10-3-2-4-18(20)19(24)22-17-7-5-16(6-8-17)9-11-23-12-14-25-15-13-23/h5-8,18H,2-4,9-15,21H2,1H3,(H,22,24). The molecule has 2 atom stereocenters. The minimum Gasteiger partial charge on any atom is -0.379 e. The van der Waals surface area contributed by atoms with Crippen LogP contribution in [0.3, 0.4) is 0 Å². The fraction of sp³-hybridized carbons (Fsp3) is 0.650. The molecular weight excluding hydrogens is 314 g/mol. The van der Waals surface area contributed by atoms with Gasteiger partial charge in [0.25, 0.3) is 0 Å². The molecule has 1 amide bonds. The zero-order valence-electron chi connectivity index (χ0n) is 15.3. The Morgan fingerprint density at radius 2 is 2.00 bits per heavy atom. The first-order valence-corrected chi connectivity index (χ1v) is 9.53. The SMILES string of the molecule is CC1(N)CCCCC1C(=O)Nc1ccc(CCN2CCOCC2)cc1. The predicted molar refractivity (Wildman–Crippen MR) is 101 cm³/mol. The number of morpholine rings is 1. The van der Waals surface area contributed by atoms with Gasteiger partial charge in [0.05, 0.1) is 19.1 Å². The monoisotopic (exact) mass is 345 g/mol. The number of nitrogens with two attached hydrogens (primary N) is 1. The molecule has 2 fully saturated rings. The number of nitrogens with zero attached hydrogens (tertiary/aromatic N) is 1. The third-order valence-corrected chi connectivity index (χ3v) is 5.61. The normalized spacial score (nSPS) is 27.8. The van der Waals surface area contributed by atoms with E-state index in [1.165, 1.54) is 5.56 Å². The summed E-state index contributed by atoms with van der Waals surface area (Å²) < 4.78 is 5.38. The van der Waals surface area contributed by atoms with Gasteiger partial charge in [-0.1, -0.05) is 25.0 Å². The number of rotatable bonds is 5. The fourth-order valence-corrected chi connectivity index (χ4v) is 3.89. The summed E-state index contributed by atoms with van der Waals surface area (Å²) in [6.45, 7) is 6.78. The molecule has 3 N–H and O–H groups in total. The lowest BCUT2D eigenvalue weighted by atomic mass is 9.74. The van der Waals surface area contributed by atoms with Crippen molar-refractivity contribution in [2.75, 3.05) is 38.2 Å². The maximum absolute atomic E-state index is 12.6. The number of ether oxygens (including phenoxy) is 1. The van der Waals surface area contributed by atoms with E-state index < -0.39 is 0 Å². The summed E-state index contributed by atoms with van der Waals surface area (Å²) >= 11 is 0. The minimum atomic E-state index is -0.388. The summed E-state index contributed by atoms with van der Waals surface area (Å²) in [6, 6.07) is 8.23. The molecule has 1 aliphatic heterocycles. The summed E-state index contributed by atoms with van der Waals surface area (Å²) in [6.07, 6.45) is 5.04. The first-order chi connectivity index (χ1) is 12.0. The molecule has 138 valence electrons. The van der Waals surface area contributed by atoms with Crippen LogP contribution in [-0.4, -0.2) is 49.2 Å². The fourth-order valence-electron chi connectivity index (χ4n) is 3.89. The zero-order valence-corrected chi connectivity index (χ0v) is 15.3. The molecule has 25 heavy (non-hydrogen) atoms. The Morgan fingerprint density at radius 1 is 1.28 bits per heavy atom. The maximum Gasteiger partial charge on any atom is 0.229 e. The number of carbonyl (C=O) groups excluding carboxylic acids is 1. The van der Waals surface area contributed by atoms with Crippen LogP contribution in [0, 0.1) is 5.92 Å². The molecule has 0 bridgehead atoms. The van der Waals surface area contributed by atoms with E-state index in [9.17, 15) is 4.79 Å². The highest BCUT2D eigenvalue weighted by Gasteiger charge is 2.37. The smallest absolute Gasteiger partial charge is 0.229 e. The van der Waals surface area contributed by atoms with Gasteiger partial charge in [0.2, 0.25) is 5.91 Å². The van der Waals surface area contributed by atoms with Crippen LogP contribution in [0.25, 0.3) is 0 Å². The van der Waals surface area contributed by atoms with Gasteiger partial charge < -0.3 is 15.8 Å². The second-order valence-electron chi connectivity index (χ2n) is 7.69. The number of benzene rings is 1. The molecule has 0 radical (unpaired) electrons. The molecule has 2 aliphatic rings. The van der Waals surface area contributed by atoms with Crippen molar-refractivity contribution < 1.29 is 9.53 Å². The van der Waals surface area contributed by atoms with E-state index in [-0.39, 0.29) is 17.4 Å². The molecule has 1 saturated carbocycles. The van der Waals surface area contributed by atoms with Crippen molar-refractivity contribution in [1.29, 1.82) is 0 Å². The number of anilines is 1. The van der Waals surface area contributed by atoms with Crippen LogP contribution in [0.4, 0.5) is 5.69 Å². The first-order valence-electron chi connectivity index (χ1n) is 9.53. The second kappa shape index (κ2) is 8.30. The lowest BCUT2D eigenvalue weighted by Gasteiger charge is -2.37. The van der Waals surface area contributed by atoms with Crippen molar-refractivity contribution in [3.05, 3.63) is 29.8 Å². The van der Waals surface area contributed by atoms with Crippen LogP contribution >= 0.6 is 0 Å². The molecule has 1 aromatic rings. The van der Waals surface area contributed by atoms with Gasteiger partial charge in [-0.2, -0.15) is 0 Å². The molecule has 1 saturated heterocycles. The lowest BCUT2D eigenvalue weighted by Crippen LogP contribution is -2.51. The number of hydrogen-bond donors (Lipinski definition) is 2. The van der Waals surface area contributed by atoms with Crippen molar-refractivity contribution in [3.8, 4) is 0 Å². The van der Waals surface area contributed by atoms with Crippen molar-refractivity contribution >= 4 is 11.6 Å². The van der Waals surface area contributed by atoms with Gasteiger partial charge in [0.1, 0.15) is 0 Å². The van der Waals surface area contributed by atoms with E-state index in [0.717, 1.165) is 70.6 Å². The summed E-state index contributed by atoms with van der Waals surface area (Å²) in [5, 5.41) is 3.05. The summed E-state index contributed by atoms with van der Waals surface area (Å²) in [5.74, 6) is -0.0342.